The van der Waals surface area contributed by atoms with Gasteiger partial charge in [0.05, 0.1) is 0 Å². The fraction of sp³-hybridized carbons (Fsp3) is 0.222. The Morgan fingerprint density at radius 1 is 1.21 bits per heavy atom. The van der Waals surface area contributed by atoms with Crippen LogP contribution >= 0.6 is 0 Å². The second-order valence-electron chi connectivity index (χ2n) is 5.92. The Labute approximate surface area is 138 Å². The van der Waals surface area contributed by atoms with Crippen molar-refractivity contribution >= 4 is 11.5 Å². The van der Waals surface area contributed by atoms with Gasteiger partial charge in [-0.05, 0) is 31.2 Å². The predicted octanol–water partition coefficient (Wildman–Crippen LogP) is 2.82. The van der Waals surface area contributed by atoms with E-state index in [0.717, 1.165) is 5.06 Å². The molecular weight excluding hydrogens is 311 g/mol. The Hall–Kier alpha value is -2.57. The molecule has 0 radical (unpaired) electrons. The number of ketones is 1. The van der Waals surface area contributed by atoms with E-state index in [4.69, 9.17) is 0 Å². The quantitative estimate of drug-likeness (QED) is 0.534. The number of benzene rings is 2. The van der Waals surface area contributed by atoms with E-state index in [-0.39, 0.29) is 5.71 Å². The molecule has 0 spiro atoms. The molecular formula is C18H17FN2O3. The van der Waals surface area contributed by atoms with Crippen molar-refractivity contribution < 1.29 is 19.1 Å². The first-order valence-electron chi connectivity index (χ1n) is 7.55. The number of hydrogen-bond acceptors (Lipinski definition) is 4. The van der Waals surface area contributed by atoms with Crippen molar-refractivity contribution in [3.8, 4) is 0 Å². The number of carbonyl (C=O) groups excluding carboxylic acids is 1. The van der Waals surface area contributed by atoms with Gasteiger partial charge in [0.25, 0.3) is 5.78 Å². The number of carbonyl (C=O) groups is 1. The normalized spacial score (nSPS) is 24.4. The third-order valence-electron chi connectivity index (χ3n) is 4.43. The molecule has 1 aliphatic heterocycles. The topological polar surface area (TPSA) is 66.6 Å². The Kier molecular flexibility index (Phi) is 3.95. The van der Waals surface area contributed by atoms with Crippen molar-refractivity contribution in [3.63, 3.8) is 0 Å². The van der Waals surface area contributed by atoms with Crippen molar-refractivity contribution in [1.29, 1.82) is 0 Å². The number of hydroxylamine groups is 3. The minimum Gasteiger partial charge on any atom is -0.622 e. The number of nitrogens with zero attached hydrogens (tertiary/aromatic N) is 2. The molecule has 0 unspecified atom stereocenters. The van der Waals surface area contributed by atoms with Gasteiger partial charge in [0.15, 0.2) is 0 Å². The van der Waals surface area contributed by atoms with Crippen LogP contribution < -0.4 is 0 Å². The number of Topliss-reactive ketones (excluding diaryl/α,β-unsaturated/α-hetero) is 1. The number of halogens is 1. The van der Waals surface area contributed by atoms with Crippen LogP contribution in [0.25, 0.3) is 0 Å². The van der Waals surface area contributed by atoms with Gasteiger partial charge in [-0.25, -0.2) is 4.39 Å². The molecule has 124 valence electrons. The fourth-order valence-electron chi connectivity index (χ4n) is 3.03. The second kappa shape index (κ2) is 5.81. The van der Waals surface area contributed by atoms with Crippen LogP contribution in [0.5, 0.6) is 0 Å². The summed E-state index contributed by atoms with van der Waals surface area (Å²) in [5.41, 5.74) is -0.788. The molecule has 0 amide bonds. The smallest absolute Gasteiger partial charge is 0.312 e. The fourth-order valence-corrected chi connectivity index (χ4v) is 3.03. The van der Waals surface area contributed by atoms with Gasteiger partial charge in [-0.15, -0.1) is 5.06 Å². The van der Waals surface area contributed by atoms with E-state index in [9.17, 15) is 19.6 Å². The molecule has 0 aliphatic carbocycles. The maximum atomic E-state index is 13.1. The molecule has 3 rings (SSSR count). The van der Waals surface area contributed by atoms with E-state index in [1.54, 1.807) is 37.3 Å². The predicted molar refractivity (Wildman–Crippen MR) is 86.4 cm³/mol. The summed E-state index contributed by atoms with van der Waals surface area (Å²) in [6.07, 6.45) is 0. The molecule has 2 atom stereocenters. The molecule has 0 saturated heterocycles. The molecule has 24 heavy (non-hydrogen) atoms. The molecule has 5 nitrogen and oxygen atoms in total. The van der Waals surface area contributed by atoms with Crippen LogP contribution in [0.1, 0.15) is 29.8 Å². The van der Waals surface area contributed by atoms with Gasteiger partial charge < -0.3 is 10.4 Å². The average Bonchev–Trinajstić information content (AvgIpc) is 2.78. The zero-order valence-electron chi connectivity index (χ0n) is 13.3. The van der Waals surface area contributed by atoms with Crippen LogP contribution in [0.2, 0.25) is 0 Å². The largest absolute Gasteiger partial charge is 0.622 e. The monoisotopic (exact) mass is 328 g/mol. The van der Waals surface area contributed by atoms with E-state index in [1.807, 2.05) is 0 Å². The SMILES string of the molecule is C[C@@H]1C(c2ccc(F)cc2)=[N+]([O-])[C@@](C)(C(=O)c2ccccc2)N1O. The summed E-state index contributed by atoms with van der Waals surface area (Å²) < 4.78 is 13.6. The Balaban J connectivity index is 2.11. The molecule has 2 aromatic rings. The lowest BCUT2D eigenvalue weighted by Crippen LogP contribution is -2.54. The maximum Gasteiger partial charge on any atom is 0.312 e. The molecule has 1 heterocycles. The summed E-state index contributed by atoms with van der Waals surface area (Å²) in [7, 11) is 0. The zero-order chi connectivity index (χ0) is 17.5. The molecule has 6 heteroatoms. The van der Waals surface area contributed by atoms with E-state index in [1.165, 1.54) is 31.2 Å². The van der Waals surface area contributed by atoms with E-state index >= 15 is 0 Å². The second-order valence-corrected chi connectivity index (χ2v) is 5.92. The van der Waals surface area contributed by atoms with Crippen molar-refractivity contribution in [3.05, 3.63) is 76.7 Å². The number of hydrogen-bond donors (Lipinski definition) is 1. The molecule has 0 fully saturated rings. The van der Waals surface area contributed by atoms with Gasteiger partial charge in [0.1, 0.15) is 11.9 Å². The van der Waals surface area contributed by atoms with Crippen LogP contribution in [-0.4, -0.2) is 38.2 Å². The molecule has 1 aliphatic rings. The van der Waals surface area contributed by atoms with Gasteiger partial charge in [0, 0.05) is 18.1 Å². The summed E-state index contributed by atoms with van der Waals surface area (Å²) in [4.78, 5) is 12.8. The van der Waals surface area contributed by atoms with Crippen LogP contribution in [0, 0.1) is 11.0 Å². The first kappa shape index (κ1) is 16.3. The van der Waals surface area contributed by atoms with E-state index < -0.39 is 23.3 Å². The minimum atomic E-state index is -1.79. The summed E-state index contributed by atoms with van der Waals surface area (Å²) in [6, 6.07) is 13.0. The molecule has 0 saturated carbocycles. The Morgan fingerprint density at radius 2 is 1.79 bits per heavy atom. The van der Waals surface area contributed by atoms with Crippen molar-refractivity contribution in [2.75, 3.05) is 0 Å². The van der Waals surface area contributed by atoms with Crippen LogP contribution in [0.15, 0.2) is 54.6 Å². The Bertz CT molecular complexity index is 805. The average molecular weight is 328 g/mol. The lowest BCUT2D eigenvalue weighted by Gasteiger charge is -2.27. The third-order valence-corrected chi connectivity index (χ3v) is 4.43. The first-order valence-corrected chi connectivity index (χ1v) is 7.55. The lowest BCUT2D eigenvalue weighted by molar-refractivity contribution is -0.561. The standard InChI is InChI=1S/C18H17FN2O3/c1-12-16(13-8-10-15(19)11-9-13)21(24)18(2,20(12)23)17(22)14-6-4-3-5-7-14/h3-12,23H,1-2H3/t12-,18+/m1/s1. The van der Waals surface area contributed by atoms with Gasteiger partial charge >= 0.3 is 5.66 Å². The molecule has 0 bridgehead atoms. The van der Waals surface area contributed by atoms with Crippen LogP contribution in [0.3, 0.4) is 0 Å². The van der Waals surface area contributed by atoms with Gasteiger partial charge in [0.2, 0.25) is 5.71 Å². The summed E-state index contributed by atoms with van der Waals surface area (Å²) in [5.74, 6) is -0.934. The summed E-state index contributed by atoms with van der Waals surface area (Å²) in [5, 5.41) is 24.2. The highest BCUT2D eigenvalue weighted by Gasteiger charge is 2.58. The summed E-state index contributed by atoms with van der Waals surface area (Å²) >= 11 is 0. The summed E-state index contributed by atoms with van der Waals surface area (Å²) in [6.45, 7) is 3.00. The highest BCUT2D eigenvalue weighted by molar-refractivity contribution is 6.07. The molecule has 2 aromatic carbocycles. The van der Waals surface area contributed by atoms with Crippen LogP contribution in [0.4, 0.5) is 4.39 Å². The highest BCUT2D eigenvalue weighted by Crippen LogP contribution is 2.31. The highest BCUT2D eigenvalue weighted by atomic mass is 19.1. The lowest BCUT2D eigenvalue weighted by atomic mass is 10.00. The van der Waals surface area contributed by atoms with E-state index in [0.29, 0.717) is 15.9 Å². The van der Waals surface area contributed by atoms with Crippen LogP contribution in [-0.2, 0) is 0 Å². The van der Waals surface area contributed by atoms with Gasteiger partial charge in [-0.1, -0.05) is 30.3 Å². The Morgan fingerprint density at radius 3 is 2.38 bits per heavy atom. The first-order chi connectivity index (χ1) is 11.4. The number of rotatable bonds is 3. The van der Waals surface area contributed by atoms with Gasteiger partial charge in [-0.2, -0.15) is 4.74 Å². The van der Waals surface area contributed by atoms with Crippen molar-refractivity contribution in [2.24, 2.45) is 0 Å². The van der Waals surface area contributed by atoms with Crippen molar-refractivity contribution in [2.45, 2.75) is 25.6 Å². The zero-order valence-corrected chi connectivity index (χ0v) is 13.3. The molecule has 1 N–H and O–H groups in total. The third kappa shape index (κ3) is 2.31. The van der Waals surface area contributed by atoms with E-state index in [2.05, 4.69) is 0 Å². The molecule has 0 aromatic heterocycles. The van der Waals surface area contributed by atoms with Crippen molar-refractivity contribution in [1.82, 2.24) is 5.06 Å². The maximum absolute atomic E-state index is 13.1. The van der Waals surface area contributed by atoms with Gasteiger partial charge in [-0.3, -0.25) is 4.79 Å². The minimum absolute atomic E-state index is 0.212.